The number of carbonyl (C=O) groups is 1. The highest BCUT2D eigenvalue weighted by molar-refractivity contribution is 5.80. The number of hydrogen-bond donors (Lipinski definition) is 0. The summed E-state index contributed by atoms with van der Waals surface area (Å²) in [4.78, 5) is 20.9. The van der Waals surface area contributed by atoms with Crippen LogP contribution in [0, 0.1) is 0 Å². The predicted octanol–water partition coefficient (Wildman–Crippen LogP) is 2.05. The number of nitrogens with zero attached hydrogens (tertiary/aromatic N) is 3. The maximum absolute atomic E-state index is 12.4. The van der Waals surface area contributed by atoms with Gasteiger partial charge in [0.25, 0.3) is 0 Å². The summed E-state index contributed by atoms with van der Waals surface area (Å²) in [5, 5.41) is 0. The fourth-order valence-electron chi connectivity index (χ4n) is 3.70. The smallest absolute Gasteiger partial charge is 0.224 e. The van der Waals surface area contributed by atoms with Crippen LogP contribution in [0.2, 0.25) is 0 Å². The van der Waals surface area contributed by atoms with E-state index in [1.165, 1.54) is 0 Å². The van der Waals surface area contributed by atoms with Gasteiger partial charge in [0.1, 0.15) is 5.76 Å². The van der Waals surface area contributed by atoms with E-state index in [-0.39, 0.29) is 5.91 Å². The number of rotatable bonds is 4. The third-order valence-electron chi connectivity index (χ3n) is 4.77. The summed E-state index contributed by atoms with van der Waals surface area (Å²) in [5.74, 6) is 1.23. The second kappa shape index (κ2) is 5.57. The molecule has 114 valence electrons. The van der Waals surface area contributed by atoms with Crippen molar-refractivity contribution in [3.63, 3.8) is 0 Å². The first-order valence-corrected chi connectivity index (χ1v) is 7.76. The van der Waals surface area contributed by atoms with Gasteiger partial charge in [-0.25, -0.2) is 0 Å². The minimum atomic E-state index is 0.260. The molecule has 4 heterocycles. The maximum atomic E-state index is 12.4. The van der Waals surface area contributed by atoms with Crippen LogP contribution in [0.5, 0.6) is 0 Å². The first-order valence-electron chi connectivity index (χ1n) is 7.76. The van der Waals surface area contributed by atoms with E-state index in [9.17, 15) is 4.79 Å². The molecular formula is C17H19N3O2. The van der Waals surface area contributed by atoms with Crippen LogP contribution in [-0.2, 0) is 17.9 Å². The molecule has 0 spiro atoms. The Labute approximate surface area is 129 Å². The molecule has 0 radical (unpaired) electrons. The Morgan fingerprint density at radius 1 is 1.18 bits per heavy atom. The Morgan fingerprint density at radius 3 is 2.82 bits per heavy atom. The van der Waals surface area contributed by atoms with Gasteiger partial charge in [0.15, 0.2) is 0 Å². The van der Waals surface area contributed by atoms with Gasteiger partial charge in [-0.05, 0) is 36.2 Å². The van der Waals surface area contributed by atoms with Gasteiger partial charge in [0, 0.05) is 44.0 Å². The summed E-state index contributed by atoms with van der Waals surface area (Å²) in [7, 11) is 0. The van der Waals surface area contributed by atoms with E-state index in [4.69, 9.17) is 4.42 Å². The fourth-order valence-corrected chi connectivity index (χ4v) is 3.70. The number of amides is 1. The Morgan fingerprint density at radius 2 is 2.05 bits per heavy atom. The predicted molar refractivity (Wildman–Crippen MR) is 80.7 cm³/mol. The highest BCUT2D eigenvalue weighted by Gasteiger charge is 2.46. The number of likely N-dealkylation sites (tertiary alicyclic amines) is 2. The van der Waals surface area contributed by atoms with Crippen molar-refractivity contribution in [1.82, 2.24) is 14.8 Å². The molecule has 2 aliphatic heterocycles. The van der Waals surface area contributed by atoms with E-state index in [1.807, 2.05) is 29.2 Å². The van der Waals surface area contributed by atoms with Gasteiger partial charge in [0.05, 0.1) is 12.8 Å². The molecule has 0 bridgehead atoms. The van der Waals surface area contributed by atoms with Crippen molar-refractivity contribution in [3.05, 3.63) is 54.2 Å². The Bertz CT molecular complexity index is 641. The van der Waals surface area contributed by atoms with E-state index in [0.29, 0.717) is 25.0 Å². The highest BCUT2D eigenvalue weighted by Crippen LogP contribution is 2.34. The third kappa shape index (κ3) is 2.41. The number of pyridine rings is 1. The minimum absolute atomic E-state index is 0.260. The maximum Gasteiger partial charge on any atom is 0.224 e. The summed E-state index contributed by atoms with van der Waals surface area (Å²) < 4.78 is 5.45. The molecule has 0 aliphatic carbocycles. The van der Waals surface area contributed by atoms with E-state index >= 15 is 0 Å². The van der Waals surface area contributed by atoms with Gasteiger partial charge < -0.3 is 9.32 Å². The summed E-state index contributed by atoms with van der Waals surface area (Å²) in [6, 6.07) is 8.53. The summed E-state index contributed by atoms with van der Waals surface area (Å²) in [5.41, 5.74) is 1.15. The number of furan rings is 1. The van der Waals surface area contributed by atoms with E-state index in [0.717, 1.165) is 30.8 Å². The fraction of sp³-hybridized carbons (Fsp3) is 0.412. The second-order valence-corrected chi connectivity index (χ2v) is 6.05. The largest absolute Gasteiger partial charge is 0.468 e. The molecule has 5 nitrogen and oxygen atoms in total. The molecule has 2 fully saturated rings. The third-order valence-corrected chi connectivity index (χ3v) is 4.77. The van der Waals surface area contributed by atoms with Crippen molar-refractivity contribution in [2.75, 3.05) is 6.54 Å². The first-order chi connectivity index (χ1) is 10.8. The number of hydrogen-bond acceptors (Lipinski definition) is 4. The van der Waals surface area contributed by atoms with Crippen LogP contribution in [-0.4, -0.2) is 39.3 Å². The zero-order chi connectivity index (χ0) is 14.9. The normalized spacial score (nSPS) is 24.9. The Balaban J connectivity index is 1.47. The molecule has 5 heteroatoms. The SMILES string of the molecule is O=C1C[C@@H]2[C@H](CCN2Cc2ccco2)N1Cc1ccncc1. The van der Waals surface area contributed by atoms with Crippen LogP contribution in [0.1, 0.15) is 24.2 Å². The van der Waals surface area contributed by atoms with Crippen LogP contribution < -0.4 is 0 Å². The van der Waals surface area contributed by atoms with Crippen LogP contribution in [0.15, 0.2) is 47.3 Å². The average Bonchev–Trinajstić information content (AvgIpc) is 3.23. The van der Waals surface area contributed by atoms with Crippen molar-refractivity contribution >= 4 is 5.91 Å². The highest BCUT2D eigenvalue weighted by atomic mass is 16.3. The zero-order valence-electron chi connectivity index (χ0n) is 12.4. The number of carbonyl (C=O) groups excluding carboxylic acids is 1. The molecule has 0 N–H and O–H groups in total. The summed E-state index contributed by atoms with van der Waals surface area (Å²) >= 11 is 0. The van der Waals surface area contributed by atoms with Crippen molar-refractivity contribution in [1.29, 1.82) is 0 Å². The molecule has 22 heavy (non-hydrogen) atoms. The molecule has 2 saturated heterocycles. The van der Waals surface area contributed by atoms with Gasteiger partial charge >= 0.3 is 0 Å². The lowest BCUT2D eigenvalue weighted by Crippen LogP contribution is -2.36. The average molecular weight is 297 g/mol. The van der Waals surface area contributed by atoms with Gasteiger partial charge in [-0.1, -0.05) is 0 Å². The lowest BCUT2D eigenvalue weighted by Gasteiger charge is -2.25. The lowest BCUT2D eigenvalue weighted by atomic mass is 10.1. The topological polar surface area (TPSA) is 49.6 Å². The number of fused-ring (bicyclic) bond motifs is 1. The lowest BCUT2D eigenvalue weighted by molar-refractivity contribution is -0.129. The molecule has 0 unspecified atom stereocenters. The second-order valence-electron chi connectivity index (χ2n) is 6.05. The first kappa shape index (κ1) is 13.5. The minimum Gasteiger partial charge on any atom is -0.468 e. The molecule has 2 aromatic heterocycles. The van der Waals surface area contributed by atoms with Crippen LogP contribution in [0.25, 0.3) is 0 Å². The van der Waals surface area contributed by atoms with Gasteiger partial charge in [0.2, 0.25) is 5.91 Å². The summed E-state index contributed by atoms with van der Waals surface area (Å²) in [6.07, 6.45) is 6.94. The van der Waals surface area contributed by atoms with E-state index in [2.05, 4.69) is 9.88 Å². The van der Waals surface area contributed by atoms with Gasteiger partial charge in [-0.15, -0.1) is 0 Å². The molecule has 0 saturated carbocycles. The van der Waals surface area contributed by atoms with E-state index in [1.54, 1.807) is 18.7 Å². The van der Waals surface area contributed by atoms with Crippen molar-refractivity contribution in [2.24, 2.45) is 0 Å². The van der Waals surface area contributed by atoms with Crippen molar-refractivity contribution in [3.8, 4) is 0 Å². The van der Waals surface area contributed by atoms with E-state index < -0.39 is 0 Å². The van der Waals surface area contributed by atoms with Crippen molar-refractivity contribution in [2.45, 2.75) is 38.0 Å². The molecular weight excluding hydrogens is 278 g/mol. The van der Waals surface area contributed by atoms with Gasteiger partial charge in [-0.2, -0.15) is 0 Å². The van der Waals surface area contributed by atoms with Crippen LogP contribution in [0.4, 0.5) is 0 Å². The van der Waals surface area contributed by atoms with Crippen LogP contribution in [0.3, 0.4) is 0 Å². The zero-order valence-corrected chi connectivity index (χ0v) is 12.4. The molecule has 4 rings (SSSR count). The monoisotopic (exact) mass is 297 g/mol. The Hall–Kier alpha value is -2.14. The quantitative estimate of drug-likeness (QED) is 0.866. The number of aromatic nitrogens is 1. The standard InChI is InChI=1S/C17H19N3O2/c21-17-10-16-15(20(17)11-13-3-6-18-7-4-13)5-8-19(16)12-14-2-1-9-22-14/h1-4,6-7,9,15-16H,5,8,10-12H2/t15-,16+/m0/s1. The Kier molecular flexibility index (Phi) is 3.42. The molecule has 2 atom stereocenters. The van der Waals surface area contributed by atoms with Crippen molar-refractivity contribution < 1.29 is 9.21 Å². The molecule has 2 aromatic rings. The van der Waals surface area contributed by atoms with Gasteiger partial charge in [-0.3, -0.25) is 14.7 Å². The summed E-state index contributed by atoms with van der Waals surface area (Å²) in [6.45, 7) is 2.51. The molecule has 1 amide bonds. The molecule has 2 aliphatic rings. The molecule has 0 aromatic carbocycles. The van der Waals surface area contributed by atoms with Crippen LogP contribution >= 0.6 is 0 Å².